The first-order valence-corrected chi connectivity index (χ1v) is 11.8. The molecule has 0 saturated carbocycles. The Morgan fingerprint density at radius 1 is 1.19 bits per heavy atom. The lowest BCUT2D eigenvalue weighted by Crippen LogP contribution is -2.39. The van der Waals surface area contributed by atoms with Gasteiger partial charge in [-0.2, -0.15) is 5.10 Å². The Labute approximate surface area is 191 Å². The molecule has 0 atom stereocenters. The molecule has 0 spiro atoms. The van der Waals surface area contributed by atoms with Crippen LogP contribution in [0.1, 0.15) is 17.0 Å². The first-order chi connectivity index (χ1) is 15.1. The molecule has 1 heterocycles. The monoisotopic (exact) mass is 476 g/mol. The van der Waals surface area contributed by atoms with Gasteiger partial charge in [-0.25, -0.2) is 18.2 Å². The molecule has 2 aromatic carbocycles. The van der Waals surface area contributed by atoms with E-state index in [9.17, 15) is 17.6 Å². The van der Waals surface area contributed by atoms with Gasteiger partial charge >= 0.3 is 0 Å². The Hall–Kier alpha value is -3.17. The summed E-state index contributed by atoms with van der Waals surface area (Å²) in [4.78, 5) is 12.4. The average molecular weight is 477 g/mol. The highest BCUT2D eigenvalue weighted by molar-refractivity contribution is 7.92. The maximum absolute atomic E-state index is 13.2. The van der Waals surface area contributed by atoms with Gasteiger partial charge in [0, 0.05) is 22.6 Å². The molecule has 1 amide bonds. The summed E-state index contributed by atoms with van der Waals surface area (Å²) in [5.41, 5.74) is 5.86. The van der Waals surface area contributed by atoms with Gasteiger partial charge in [0.2, 0.25) is 10.0 Å². The highest BCUT2D eigenvalue weighted by Crippen LogP contribution is 2.27. The predicted molar refractivity (Wildman–Crippen MR) is 125 cm³/mol. The van der Waals surface area contributed by atoms with Crippen LogP contribution in [0.5, 0.6) is 0 Å². The van der Waals surface area contributed by atoms with Crippen LogP contribution in [-0.4, -0.2) is 37.9 Å². The van der Waals surface area contributed by atoms with Gasteiger partial charge in [0.1, 0.15) is 12.4 Å². The normalized spacial score (nSPS) is 11.7. The second-order valence-electron chi connectivity index (χ2n) is 7.15. The zero-order chi connectivity index (χ0) is 23.5. The first kappa shape index (κ1) is 23.5. The number of hydrogen-bond donors (Lipinski definition) is 1. The zero-order valence-electron chi connectivity index (χ0n) is 17.7. The van der Waals surface area contributed by atoms with Crippen molar-refractivity contribution in [3.63, 3.8) is 0 Å². The number of aromatic nitrogens is 1. The summed E-state index contributed by atoms with van der Waals surface area (Å²) in [6.45, 7) is 3.30. The number of carbonyl (C=O) groups excluding carboxylic acids is 1. The highest BCUT2D eigenvalue weighted by atomic mass is 35.5. The minimum atomic E-state index is -3.75. The third-order valence-corrected chi connectivity index (χ3v) is 6.20. The number of rotatable bonds is 7. The number of carbonyl (C=O) groups is 1. The van der Waals surface area contributed by atoms with Crippen molar-refractivity contribution in [2.24, 2.45) is 5.10 Å². The van der Waals surface area contributed by atoms with Gasteiger partial charge in [0.25, 0.3) is 5.91 Å². The molecule has 1 N–H and O–H groups in total. The minimum Gasteiger partial charge on any atom is -0.318 e. The molecule has 168 valence electrons. The fourth-order valence-electron chi connectivity index (χ4n) is 3.28. The van der Waals surface area contributed by atoms with Gasteiger partial charge in [0.05, 0.1) is 23.2 Å². The molecule has 0 bridgehead atoms. The molecule has 0 saturated heterocycles. The highest BCUT2D eigenvalue weighted by Gasteiger charge is 2.22. The summed E-state index contributed by atoms with van der Waals surface area (Å²) < 4.78 is 40.4. The second-order valence-corrected chi connectivity index (χ2v) is 9.47. The fourth-order valence-corrected chi connectivity index (χ4v) is 4.44. The van der Waals surface area contributed by atoms with Crippen LogP contribution in [0.2, 0.25) is 5.02 Å². The van der Waals surface area contributed by atoms with Crippen molar-refractivity contribution in [2.75, 3.05) is 17.1 Å². The third kappa shape index (κ3) is 5.35. The molecule has 0 fully saturated rings. The standard InChI is InChI=1S/C22H22ClFN4O3S/c1-15-12-17(16(2)28(15)19-10-8-18(24)9-11-19)13-25-26-22(29)14-27(32(3,30)31)21-7-5-4-6-20(21)23/h4-13H,14H2,1-3H3,(H,26,29)/b25-13+. The molecule has 0 aliphatic rings. The quantitative estimate of drug-likeness (QED) is 0.416. The molecule has 32 heavy (non-hydrogen) atoms. The topological polar surface area (TPSA) is 83.8 Å². The SMILES string of the molecule is Cc1cc(/C=N/NC(=O)CN(c2ccccc2Cl)S(C)(=O)=O)c(C)n1-c1ccc(F)cc1. The lowest BCUT2D eigenvalue weighted by atomic mass is 10.2. The zero-order valence-corrected chi connectivity index (χ0v) is 19.3. The maximum atomic E-state index is 13.2. The summed E-state index contributed by atoms with van der Waals surface area (Å²) in [6, 6.07) is 14.3. The number of nitrogens with one attached hydrogen (secondary N) is 1. The Morgan fingerprint density at radius 3 is 2.47 bits per heavy atom. The van der Waals surface area contributed by atoms with Crippen molar-refractivity contribution in [1.29, 1.82) is 0 Å². The van der Waals surface area contributed by atoms with E-state index in [1.54, 1.807) is 30.3 Å². The van der Waals surface area contributed by atoms with Crippen LogP contribution < -0.4 is 9.73 Å². The molecule has 10 heteroatoms. The summed E-state index contributed by atoms with van der Waals surface area (Å²) in [7, 11) is -3.75. The summed E-state index contributed by atoms with van der Waals surface area (Å²) in [5, 5.41) is 4.17. The number of nitrogens with zero attached hydrogens (tertiary/aromatic N) is 3. The Balaban J connectivity index is 1.74. The number of sulfonamides is 1. The second kappa shape index (κ2) is 9.54. The van der Waals surface area contributed by atoms with E-state index >= 15 is 0 Å². The van der Waals surface area contributed by atoms with Crippen LogP contribution in [0.4, 0.5) is 10.1 Å². The molecule has 0 unspecified atom stereocenters. The number of anilines is 1. The van der Waals surface area contributed by atoms with Gasteiger partial charge in [-0.05, 0) is 56.3 Å². The van der Waals surface area contributed by atoms with E-state index < -0.39 is 22.5 Å². The summed E-state index contributed by atoms with van der Waals surface area (Å²) in [5.74, 6) is -0.945. The summed E-state index contributed by atoms with van der Waals surface area (Å²) >= 11 is 6.10. The van der Waals surface area contributed by atoms with E-state index in [1.165, 1.54) is 24.4 Å². The van der Waals surface area contributed by atoms with E-state index in [4.69, 9.17) is 11.6 Å². The number of hydrogen-bond acceptors (Lipinski definition) is 4. The van der Waals surface area contributed by atoms with Gasteiger partial charge in [0.15, 0.2) is 0 Å². The lowest BCUT2D eigenvalue weighted by molar-refractivity contribution is -0.119. The Kier molecular flexibility index (Phi) is 7.00. The number of amides is 1. The van der Waals surface area contributed by atoms with Crippen LogP contribution in [0, 0.1) is 19.7 Å². The van der Waals surface area contributed by atoms with E-state index in [1.807, 2.05) is 24.5 Å². The number of aryl methyl sites for hydroxylation is 1. The van der Waals surface area contributed by atoms with Crippen LogP contribution in [-0.2, 0) is 14.8 Å². The smallest absolute Gasteiger partial charge is 0.260 e. The molecule has 1 aromatic heterocycles. The largest absolute Gasteiger partial charge is 0.318 e. The average Bonchev–Trinajstić information content (AvgIpc) is 3.00. The van der Waals surface area contributed by atoms with E-state index in [0.717, 1.165) is 33.2 Å². The maximum Gasteiger partial charge on any atom is 0.260 e. The van der Waals surface area contributed by atoms with Crippen LogP contribution in [0.15, 0.2) is 59.7 Å². The van der Waals surface area contributed by atoms with Crippen molar-refractivity contribution >= 4 is 39.4 Å². The van der Waals surface area contributed by atoms with E-state index in [0.29, 0.717) is 0 Å². The van der Waals surface area contributed by atoms with Crippen molar-refractivity contribution in [1.82, 2.24) is 9.99 Å². The van der Waals surface area contributed by atoms with Gasteiger partial charge < -0.3 is 4.57 Å². The Bertz CT molecular complexity index is 1270. The molecule has 0 aliphatic carbocycles. The van der Waals surface area contributed by atoms with Crippen molar-refractivity contribution in [3.8, 4) is 5.69 Å². The minimum absolute atomic E-state index is 0.207. The number of para-hydroxylation sites is 1. The molecule has 0 radical (unpaired) electrons. The van der Waals surface area contributed by atoms with E-state index in [2.05, 4.69) is 10.5 Å². The lowest BCUT2D eigenvalue weighted by Gasteiger charge is -2.22. The molecule has 3 rings (SSSR count). The van der Waals surface area contributed by atoms with Gasteiger partial charge in [-0.3, -0.25) is 9.10 Å². The van der Waals surface area contributed by atoms with Gasteiger partial charge in [-0.1, -0.05) is 23.7 Å². The van der Waals surface area contributed by atoms with E-state index in [-0.39, 0.29) is 16.5 Å². The first-order valence-electron chi connectivity index (χ1n) is 9.57. The number of benzene rings is 2. The molecular formula is C22H22ClFN4O3S. The van der Waals surface area contributed by atoms with Crippen molar-refractivity contribution < 1.29 is 17.6 Å². The Morgan fingerprint density at radius 2 is 1.84 bits per heavy atom. The van der Waals surface area contributed by atoms with Crippen molar-refractivity contribution in [2.45, 2.75) is 13.8 Å². The fraction of sp³-hybridized carbons (Fsp3) is 0.182. The van der Waals surface area contributed by atoms with Crippen molar-refractivity contribution in [3.05, 3.63) is 82.4 Å². The third-order valence-electron chi connectivity index (χ3n) is 4.76. The molecule has 7 nitrogen and oxygen atoms in total. The number of halogens is 2. The molecule has 0 aliphatic heterocycles. The predicted octanol–water partition coefficient (Wildman–Crippen LogP) is 3.80. The van der Waals surface area contributed by atoms with Gasteiger partial charge in [-0.15, -0.1) is 0 Å². The van der Waals surface area contributed by atoms with Crippen LogP contribution in [0.25, 0.3) is 5.69 Å². The summed E-state index contributed by atoms with van der Waals surface area (Å²) in [6.07, 6.45) is 2.47. The molecular weight excluding hydrogens is 455 g/mol. The molecule has 3 aromatic rings. The van der Waals surface area contributed by atoms with Crippen LogP contribution >= 0.6 is 11.6 Å². The number of hydrazone groups is 1. The van der Waals surface area contributed by atoms with Crippen LogP contribution in [0.3, 0.4) is 0 Å².